The molecule has 1 heterocycles. The van der Waals surface area contributed by atoms with Gasteiger partial charge in [-0.25, -0.2) is 0 Å². The Hall–Kier alpha value is -1.62. The summed E-state index contributed by atoms with van der Waals surface area (Å²) in [5, 5.41) is 0. The topological polar surface area (TPSA) is 74.3 Å². The minimum absolute atomic E-state index is 0.0802. The molecule has 0 aliphatic carbocycles. The molecule has 1 aromatic heterocycles. The molecule has 0 aliphatic rings. The molecule has 0 bridgehead atoms. The van der Waals surface area contributed by atoms with E-state index in [1.807, 2.05) is 0 Å². The van der Waals surface area contributed by atoms with Crippen molar-refractivity contribution in [1.82, 2.24) is 4.57 Å². The van der Waals surface area contributed by atoms with Crippen LogP contribution in [0, 0.1) is 0 Å². The molecule has 5 heteroatoms. The van der Waals surface area contributed by atoms with E-state index in [0.29, 0.717) is 6.54 Å². The Morgan fingerprint density at radius 2 is 2.29 bits per heavy atom. The molecule has 14 heavy (non-hydrogen) atoms. The van der Waals surface area contributed by atoms with Gasteiger partial charge in [-0.05, 0) is 5.56 Å². The molecule has 0 amide bonds. The summed E-state index contributed by atoms with van der Waals surface area (Å²) in [7, 11) is 1.28. The van der Waals surface area contributed by atoms with E-state index in [1.165, 1.54) is 17.7 Å². The molecular weight excluding hydrogens is 184 g/mol. The van der Waals surface area contributed by atoms with Crippen molar-refractivity contribution in [3.63, 3.8) is 0 Å². The number of methoxy groups -OCH3 is 1. The van der Waals surface area contributed by atoms with Crippen LogP contribution in [-0.2, 0) is 22.6 Å². The molecule has 5 nitrogen and oxygen atoms in total. The zero-order valence-electron chi connectivity index (χ0n) is 7.90. The van der Waals surface area contributed by atoms with Gasteiger partial charge in [0.2, 0.25) is 0 Å². The number of carbonyl (C=O) groups excluding carboxylic acids is 1. The lowest BCUT2D eigenvalue weighted by Crippen LogP contribution is -2.24. The Morgan fingerprint density at radius 1 is 1.57 bits per heavy atom. The summed E-state index contributed by atoms with van der Waals surface area (Å²) in [5.74, 6) is -0.457. The van der Waals surface area contributed by atoms with Crippen molar-refractivity contribution in [2.24, 2.45) is 5.73 Å². The fourth-order valence-electron chi connectivity index (χ4n) is 1.03. The lowest BCUT2D eigenvalue weighted by atomic mass is 10.3. The van der Waals surface area contributed by atoms with Gasteiger partial charge in [-0.15, -0.1) is 0 Å². The maximum atomic E-state index is 11.3. The first-order valence-electron chi connectivity index (χ1n) is 4.13. The first kappa shape index (κ1) is 10.5. The first-order valence-corrected chi connectivity index (χ1v) is 4.13. The summed E-state index contributed by atoms with van der Waals surface area (Å²) in [4.78, 5) is 22.2. The second-order valence-electron chi connectivity index (χ2n) is 2.78. The highest BCUT2D eigenvalue weighted by molar-refractivity contribution is 5.68. The summed E-state index contributed by atoms with van der Waals surface area (Å²) in [5.41, 5.74) is 5.96. The third-order valence-electron chi connectivity index (χ3n) is 1.81. The lowest BCUT2D eigenvalue weighted by molar-refractivity contribution is -0.141. The van der Waals surface area contributed by atoms with E-state index in [4.69, 9.17) is 5.73 Å². The average Bonchev–Trinajstić information content (AvgIpc) is 2.21. The zero-order valence-corrected chi connectivity index (χ0v) is 7.90. The standard InChI is InChI=1S/C9H12N2O3/c1-14-9(13)6-11-5-7(4-10)2-3-8(11)12/h2-3,5H,4,6,10H2,1H3. The number of hydrogen-bond acceptors (Lipinski definition) is 4. The van der Waals surface area contributed by atoms with Gasteiger partial charge in [0, 0.05) is 18.8 Å². The number of ether oxygens (including phenoxy) is 1. The molecule has 0 spiro atoms. The zero-order chi connectivity index (χ0) is 10.6. The van der Waals surface area contributed by atoms with Gasteiger partial charge in [-0.2, -0.15) is 0 Å². The van der Waals surface area contributed by atoms with Gasteiger partial charge in [0.25, 0.3) is 5.56 Å². The predicted molar refractivity (Wildman–Crippen MR) is 50.6 cm³/mol. The van der Waals surface area contributed by atoms with Crippen LogP contribution in [0.2, 0.25) is 0 Å². The Kier molecular flexibility index (Phi) is 3.41. The number of aromatic nitrogens is 1. The van der Waals surface area contributed by atoms with Crippen LogP contribution in [0.3, 0.4) is 0 Å². The van der Waals surface area contributed by atoms with Crippen LogP contribution in [0.5, 0.6) is 0 Å². The number of nitrogens with two attached hydrogens (primary N) is 1. The van der Waals surface area contributed by atoms with Crippen LogP contribution in [-0.4, -0.2) is 17.6 Å². The number of esters is 1. The minimum Gasteiger partial charge on any atom is -0.468 e. The SMILES string of the molecule is COC(=O)Cn1cc(CN)ccc1=O. The largest absolute Gasteiger partial charge is 0.468 e. The molecule has 0 fully saturated rings. The summed E-state index contributed by atoms with van der Waals surface area (Å²) in [6.45, 7) is 0.255. The van der Waals surface area contributed by atoms with Gasteiger partial charge in [0.05, 0.1) is 7.11 Å². The van der Waals surface area contributed by atoms with Gasteiger partial charge in [-0.3, -0.25) is 9.59 Å². The number of hydrogen-bond donors (Lipinski definition) is 1. The molecule has 1 aromatic rings. The molecule has 2 N–H and O–H groups in total. The van der Waals surface area contributed by atoms with Crippen LogP contribution >= 0.6 is 0 Å². The van der Waals surface area contributed by atoms with Crippen molar-refractivity contribution in [1.29, 1.82) is 0 Å². The van der Waals surface area contributed by atoms with Crippen LogP contribution in [0.15, 0.2) is 23.1 Å². The van der Waals surface area contributed by atoms with Crippen LogP contribution < -0.4 is 11.3 Å². The summed E-state index contributed by atoms with van der Waals surface area (Å²) in [6, 6.07) is 3.02. The highest BCUT2D eigenvalue weighted by Gasteiger charge is 2.03. The van der Waals surface area contributed by atoms with Crippen LogP contribution in [0.1, 0.15) is 5.56 Å². The fraction of sp³-hybridized carbons (Fsp3) is 0.333. The second-order valence-corrected chi connectivity index (χ2v) is 2.78. The van der Waals surface area contributed by atoms with Gasteiger partial charge in [0.1, 0.15) is 6.54 Å². The molecule has 0 atom stereocenters. The molecule has 0 aliphatic heterocycles. The Morgan fingerprint density at radius 3 is 2.86 bits per heavy atom. The maximum Gasteiger partial charge on any atom is 0.325 e. The van der Waals surface area contributed by atoms with Gasteiger partial charge in [-0.1, -0.05) is 6.07 Å². The highest BCUT2D eigenvalue weighted by Crippen LogP contribution is 1.94. The number of carbonyl (C=O) groups is 1. The van der Waals surface area contributed by atoms with Gasteiger partial charge in [0.15, 0.2) is 0 Å². The molecular formula is C9H12N2O3. The summed E-state index contributed by atoms with van der Waals surface area (Å²) in [6.07, 6.45) is 1.55. The minimum atomic E-state index is -0.457. The first-order chi connectivity index (χ1) is 6.67. The van der Waals surface area contributed by atoms with Crippen molar-refractivity contribution in [2.75, 3.05) is 7.11 Å². The smallest absolute Gasteiger partial charge is 0.325 e. The van der Waals surface area contributed by atoms with E-state index in [0.717, 1.165) is 5.56 Å². The summed E-state index contributed by atoms with van der Waals surface area (Å²) >= 11 is 0. The maximum absolute atomic E-state index is 11.3. The Balaban J connectivity index is 2.95. The molecule has 0 saturated carbocycles. The van der Waals surface area contributed by atoms with E-state index >= 15 is 0 Å². The summed E-state index contributed by atoms with van der Waals surface area (Å²) < 4.78 is 5.72. The molecule has 0 saturated heterocycles. The molecule has 76 valence electrons. The van der Waals surface area contributed by atoms with Crippen molar-refractivity contribution < 1.29 is 9.53 Å². The number of rotatable bonds is 3. The van der Waals surface area contributed by atoms with Crippen molar-refractivity contribution in [2.45, 2.75) is 13.1 Å². The van der Waals surface area contributed by atoms with Gasteiger partial charge < -0.3 is 15.0 Å². The molecule has 1 rings (SSSR count). The third-order valence-corrected chi connectivity index (χ3v) is 1.81. The third kappa shape index (κ3) is 2.43. The van der Waals surface area contributed by atoms with Crippen molar-refractivity contribution >= 4 is 5.97 Å². The Labute approximate surface area is 81.1 Å². The normalized spacial score (nSPS) is 9.86. The monoisotopic (exact) mass is 196 g/mol. The number of pyridine rings is 1. The van der Waals surface area contributed by atoms with Crippen LogP contribution in [0.25, 0.3) is 0 Å². The second kappa shape index (κ2) is 4.57. The molecule has 0 radical (unpaired) electrons. The van der Waals surface area contributed by atoms with Crippen molar-refractivity contribution in [3.05, 3.63) is 34.2 Å². The fourth-order valence-corrected chi connectivity index (χ4v) is 1.03. The van der Waals surface area contributed by atoms with E-state index in [1.54, 1.807) is 12.3 Å². The van der Waals surface area contributed by atoms with Crippen LogP contribution in [0.4, 0.5) is 0 Å². The van der Waals surface area contributed by atoms with E-state index in [2.05, 4.69) is 4.74 Å². The lowest BCUT2D eigenvalue weighted by Gasteiger charge is -2.05. The van der Waals surface area contributed by atoms with Gasteiger partial charge >= 0.3 is 5.97 Å². The highest BCUT2D eigenvalue weighted by atomic mass is 16.5. The number of nitrogens with zero attached hydrogens (tertiary/aromatic N) is 1. The quantitative estimate of drug-likeness (QED) is 0.660. The predicted octanol–water partition coefficient (Wildman–Crippen LogP) is -0.520. The molecule has 0 aromatic carbocycles. The Bertz CT molecular complexity index is 384. The van der Waals surface area contributed by atoms with E-state index in [-0.39, 0.29) is 12.1 Å². The average molecular weight is 196 g/mol. The van der Waals surface area contributed by atoms with Crippen molar-refractivity contribution in [3.8, 4) is 0 Å². The molecule has 0 unspecified atom stereocenters. The van der Waals surface area contributed by atoms with E-state index < -0.39 is 5.97 Å². The van der Waals surface area contributed by atoms with E-state index in [9.17, 15) is 9.59 Å².